The first-order valence-electron chi connectivity index (χ1n) is 5.86. The van der Waals surface area contributed by atoms with E-state index >= 15 is 0 Å². The van der Waals surface area contributed by atoms with Crippen molar-refractivity contribution in [1.29, 1.82) is 0 Å². The highest BCUT2D eigenvalue weighted by molar-refractivity contribution is 9.10. The zero-order chi connectivity index (χ0) is 15.5. The van der Waals surface area contributed by atoms with E-state index in [9.17, 15) is 12.8 Å². The van der Waals surface area contributed by atoms with Gasteiger partial charge in [-0.05, 0) is 23.8 Å². The Hall–Kier alpha value is -1.51. The van der Waals surface area contributed by atoms with E-state index in [0.717, 1.165) is 6.07 Å². The summed E-state index contributed by atoms with van der Waals surface area (Å²) in [7, 11) is -2.44. The normalized spacial score (nSPS) is 11.4. The number of methoxy groups -OCH3 is 1. The van der Waals surface area contributed by atoms with Crippen LogP contribution in [0, 0.1) is 5.82 Å². The Labute approximate surface area is 130 Å². The summed E-state index contributed by atoms with van der Waals surface area (Å²) in [5, 5.41) is 0. The lowest BCUT2D eigenvalue weighted by atomic mass is 10.3. The van der Waals surface area contributed by atoms with Gasteiger partial charge in [0.1, 0.15) is 10.7 Å². The smallest absolute Gasteiger partial charge is 0.243 e. The Morgan fingerprint density at radius 3 is 2.67 bits per heavy atom. The number of sulfonamides is 1. The summed E-state index contributed by atoms with van der Waals surface area (Å²) in [4.78, 5) is 3.57. The van der Waals surface area contributed by atoms with E-state index < -0.39 is 20.7 Å². The van der Waals surface area contributed by atoms with E-state index in [1.807, 2.05) is 0 Å². The molecule has 0 atom stereocenters. The second-order valence-corrected chi connectivity index (χ2v) is 6.76. The van der Waals surface area contributed by atoms with Crippen LogP contribution in [-0.2, 0) is 16.6 Å². The molecule has 0 radical (unpaired) electrons. The van der Waals surface area contributed by atoms with Crippen molar-refractivity contribution in [2.75, 3.05) is 7.11 Å². The number of halogens is 2. The summed E-state index contributed by atoms with van der Waals surface area (Å²) in [5.41, 5.74) is 0.636. The Morgan fingerprint density at radius 1 is 1.33 bits per heavy atom. The Kier molecular flexibility index (Phi) is 4.92. The van der Waals surface area contributed by atoms with Gasteiger partial charge in [0, 0.05) is 23.3 Å². The monoisotopic (exact) mass is 374 g/mol. The Bertz CT molecular complexity index is 736. The topological polar surface area (TPSA) is 68.3 Å². The third kappa shape index (κ3) is 3.99. The van der Waals surface area contributed by atoms with Crippen LogP contribution in [-0.4, -0.2) is 20.5 Å². The minimum atomic E-state index is -3.93. The molecule has 0 spiro atoms. The predicted octanol–water partition coefficient (Wildman–Crippen LogP) is 2.47. The molecule has 0 aliphatic heterocycles. The van der Waals surface area contributed by atoms with E-state index in [4.69, 9.17) is 4.74 Å². The van der Waals surface area contributed by atoms with Gasteiger partial charge in [0.15, 0.2) is 0 Å². The van der Waals surface area contributed by atoms with Crippen molar-refractivity contribution < 1.29 is 17.5 Å². The van der Waals surface area contributed by atoms with Crippen LogP contribution < -0.4 is 9.46 Å². The zero-order valence-electron chi connectivity index (χ0n) is 11.0. The number of ether oxygens (including phenoxy) is 1. The number of hydrogen-bond acceptors (Lipinski definition) is 4. The number of benzene rings is 1. The van der Waals surface area contributed by atoms with E-state index in [0.29, 0.717) is 15.9 Å². The van der Waals surface area contributed by atoms with Crippen molar-refractivity contribution in [3.63, 3.8) is 0 Å². The summed E-state index contributed by atoms with van der Waals surface area (Å²) in [6.45, 7) is 0.00876. The summed E-state index contributed by atoms with van der Waals surface area (Å²) in [6, 6.07) is 7.06. The first-order chi connectivity index (χ1) is 9.92. The molecule has 1 N–H and O–H groups in total. The summed E-state index contributed by atoms with van der Waals surface area (Å²) in [6.07, 6.45) is 1.49. The molecule has 5 nitrogen and oxygen atoms in total. The molecule has 2 aromatic rings. The Morgan fingerprint density at radius 2 is 2.10 bits per heavy atom. The minimum Gasteiger partial charge on any atom is -0.481 e. The van der Waals surface area contributed by atoms with Crippen molar-refractivity contribution in [2.24, 2.45) is 0 Å². The van der Waals surface area contributed by atoms with Crippen molar-refractivity contribution in [3.8, 4) is 5.88 Å². The highest BCUT2D eigenvalue weighted by atomic mass is 79.9. The third-order valence-electron chi connectivity index (χ3n) is 2.66. The quantitative estimate of drug-likeness (QED) is 0.872. The van der Waals surface area contributed by atoms with Crippen LogP contribution in [0.1, 0.15) is 5.56 Å². The average Bonchev–Trinajstić information content (AvgIpc) is 2.45. The molecular weight excluding hydrogens is 363 g/mol. The fraction of sp³-hybridized carbons (Fsp3) is 0.154. The van der Waals surface area contributed by atoms with E-state index in [-0.39, 0.29) is 6.54 Å². The lowest BCUT2D eigenvalue weighted by Gasteiger charge is -2.08. The molecule has 1 aromatic carbocycles. The average molecular weight is 375 g/mol. The lowest BCUT2D eigenvalue weighted by molar-refractivity contribution is 0.397. The van der Waals surface area contributed by atoms with Crippen LogP contribution in [0.15, 0.2) is 45.9 Å². The fourth-order valence-electron chi connectivity index (χ4n) is 1.59. The van der Waals surface area contributed by atoms with Gasteiger partial charge in [-0.15, -0.1) is 0 Å². The second-order valence-electron chi connectivity index (χ2n) is 4.11. The molecule has 2 rings (SSSR count). The molecule has 0 saturated carbocycles. The number of rotatable bonds is 5. The van der Waals surface area contributed by atoms with Crippen molar-refractivity contribution in [1.82, 2.24) is 9.71 Å². The minimum absolute atomic E-state index is 0.00876. The van der Waals surface area contributed by atoms with Crippen molar-refractivity contribution in [3.05, 3.63) is 52.4 Å². The molecule has 8 heteroatoms. The van der Waals surface area contributed by atoms with Crippen LogP contribution in [0.5, 0.6) is 5.88 Å². The van der Waals surface area contributed by atoms with Gasteiger partial charge in [-0.3, -0.25) is 0 Å². The summed E-state index contributed by atoms with van der Waals surface area (Å²) in [5.74, 6) is -0.384. The standard InChI is InChI=1S/C13H12BrFN2O3S/c1-20-13-5-2-9(7-16-13)8-17-21(18,19)12-4-3-10(14)6-11(12)15/h2-7,17H,8H2,1H3. The third-order valence-corrected chi connectivity index (χ3v) is 4.58. The van der Waals surface area contributed by atoms with Crippen LogP contribution in [0.2, 0.25) is 0 Å². The first kappa shape index (κ1) is 15.9. The van der Waals surface area contributed by atoms with Crippen LogP contribution in [0.25, 0.3) is 0 Å². The molecule has 0 amide bonds. The molecular formula is C13H12BrFN2O3S. The second kappa shape index (κ2) is 6.50. The molecule has 112 valence electrons. The maximum absolute atomic E-state index is 13.7. The number of nitrogens with one attached hydrogen (secondary N) is 1. The van der Waals surface area contributed by atoms with Gasteiger partial charge in [0.25, 0.3) is 0 Å². The largest absolute Gasteiger partial charge is 0.481 e. The van der Waals surface area contributed by atoms with Gasteiger partial charge in [-0.25, -0.2) is 22.5 Å². The van der Waals surface area contributed by atoms with E-state index in [2.05, 4.69) is 25.6 Å². The van der Waals surface area contributed by atoms with Crippen LogP contribution >= 0.6 is 15.9 Å². The summed E-state index contributed by atoms with van der Waals surface area (Å²) >= 11 is 3.08. The number of pyridine rings is 1. The Balaban J connectivity index is 2.13. The summed E-state index contributed by atoms with van der Waals surface area (Å²) < 4.78 is 45.5. The maximum atomic E-state index is 13.7. The number of aromatic nitrogens is 1. The van der Waals surface area contributed by atoms with Gasteiger partial charge in [-0.1, -0.05) is 22.0 Å². The fourth-order valence-corrected chi connectivity index (χ4v) is 2.99. The first-order valence-corrected chi connectivity index (χ1v) is 8.13. The zero-order valence-corrected chi connectivity index (χ0v) is 13.4. The number of nitrogens with zero attached hydrogens (tertiary/aromatic N) is 1. The van der Waals surface area contributed by atoms with E-state index in [1.165, 1.54) is 25.4 Å². The van der Waals surface area contributed by atoms with Crippen LogP contribution in [0.4, 0.5) is 4.39 Å². The highest BCUT2D eigenvalue weighted by Gasteiger charge is 2.18. The molecule has 0 saturated heterocycles. The molecule has 0 fully saturated rings. The SMILES string of the molecule is COc1ccc(CNS(=O)(=O)c2ccc(Br)cc2F)cn1. The number of hydrogen-bond donors (Lipinski definition) is 1. The highest BCUT2D eigenvalue weighted by Crippen LogP contribution is 2.19. The van der Waals surface area contributed by atoms with Gasteiger partial charge in [0.05, 0.1) is 7.11 Å². The van der Waals surface area contributed by atoms with Gasteiger partial charge in [0.2, 0.25) is 15.9 Å². The molecule has 0 unspecified atom stereocenters. The van der Waals surface area contributed by atoms with Gasteiger partial charge < -0.3 is 4.74 Å². The lowest BCUT2D eigenvalue weighted by Crippen LogP contribution is -2.24. The molecule has 1 heterocycles. The van der Waals surface area contributed by atoms with Gasteiger partial charge in [-0.2, -0.15) is 0 Å². The van der Waals surface area contributed by atoms with Gasteiger partial charge >= 0.3 is 0 Å². The molecule has 1 aromatic heterocycles. The maximum Gasteiger partial charge on any atom is 0.243 e. The van der Waals surface area contributed by atoms with E-state index in [1.54, 1.807) is 12.1 Å². The molecule has 21 heavy (non-hydrogen) atoms. The predicted molar refractivity (Wildman–Crippen MR) is 78.9 cm³/mol. The molecule has 0 aliphatic rings. The van der Waals surface area contributed by atoms with Crippen LogP contribution in [0.3, 0.4) is 0 Å². The van der Waals surface area contributed by atoms with Crippen molar-refractivity contribution in [2.45, 2.75) is 11.4 Å². The molecule has 0 aliphatic carbocycles. The van der Waals surface area contributed by atoms with Crippen molar-refractivity contribution >= 4 is 26.0 Å². The molecule has 0 bridgehead atoms.